The van der Waals surface area contributed by atoms with Crippen LogP contribution < -0.4 is 5.32 Å². The van der Waals surface area contributed by atoms with Crippen LogP contribution in [-0.2, 0) is 14.3 Å². The summed E-state index contributed by atoms with van der Waals surface area (Å²) < 4.78 is 11.1. The van der Waals surface area contributed by atoms with E-state index < -0.39 is 74.2 Å². The highest BCUT2D eigenvalue weighted by Gasteiger charge is 2.44. The van der Waals surface area contributed by atoms with E-state index in [1.165, 1.54) is 122 Å². The Morgan fingerprint density at radius 1 is 0.576 bits per heavy atom. The molecule has 0 aromatic rings. The quantitative estimate of drug-likeness (QED) is 0.0219. The van der Waals surface area contributed by atoms with E-state index in [-0.39, 0.29) is 6.42 Å². The predicted octanol–water partition coefficient (Wildman–Crippen LogP) is 8.45. The number of aliphatic hydroxyl groups excluding tert-OH is 7. The second-order valence-electron chi connectivity index (χ2n) is 17.5. The van der Waals surface area contributed by atoms with Crippen molar-refractivity contribution in [1.29, 1.82) is 0 Å². The van der Waals surface area contributed by atoms with Crippen molar-refractivity contribution in [2.24, 2.45) is 0 Å². The molecular weight excluding hydrogens is 751 g/mol. The zero-order chi connectivity index (χ0) is 43.4. The van der Waals surface area contributed by atoms with Gasteiger partial charge in [0, 0.05) is 0 Å². The topological polar surface area (TPSA) is 189 Å². The van der Waals surface area contributed by atoms with Gasteiger partial charge in [-0.3, -0.25) is 4.79 Å². The SMILES string of the molecule is CCCCCCCCCCCCC=CCCCCCCCC(O)C(=O)NC(COC1OC(CO)C(O)C(O)C1O)C(O)C(O)CCCCCCCCCCCCCCC. The molecule has 1 heterocycles. The minimum Gasteiger partial charge on any atom is -0.394 e. The molecule has 1 fully saturated rings. The smallest absolute Gasteiger partial charge is 0.249 e. The van der Waals surface area contributed by atoms with Gasteiger partial charge in [-0.2, -0.15) is 0 Å². The van der Waals surface area contributed by atoms with Gasteiger partial charge in [0.05, 0.1) is 25.4 Å². The summed E-state index contributed by atoms with van der Waals surface area (Å²) >= 11 is 0. The van der Waals surface area contributed by atoms with E-state index in [2.05, 4.69) is 31.3 Å². The molecule has 1 aliphatic rings. The second kappa shape index (κ2) is 38.5. The van der Waals surface area contributed by atoms with Crippen molar-refractivity contribution in [1.82, 2.24) is 5.32 Å². The first-order valence-electron chi connectivity index (χ1n) is 24.6. The van der Waals surface area contributed by atoms with E-state index in [1.807, 2.05) is 0 Å². The van der Waals surface area contributed by atoms with Gasteiger partial charge in [0.1, 0.15) is 36.6 Å². The molecule has 0 spiro atoms. The van der Waals surface area contributed by atoms with Crippen LogP contribution in [-0.4, -0.2) is 110 Å². The summed E-state index contributed by atoms with van der Waals surface area (Å²) in [7, 11) is 0. The summed E-state index contributed by atoms with van der Waals surface area (Å²) in [4.78, 5) is 13.1. The molecule has 0 aromatic carbocycles. The summed E-state index contributed by atoms with van der Waals surface area (Å²) in [5, 5.41) is 75.7. The molecule has 0 bridgehead atoms. The Kier molecular flexibility index (Phi) is 36.5. The maximum absolute atomic E-state index is 13.1. The third-order valence-electron chi connectivity index (χ3n) is 12.1. The standard InChI is InChI=1S/C48H93NO10/c1-3-5-7-9-11-13-15-17-18-19-20-21-22-24-26-28-30-32-34-36-41(52)47(57)49-39(38-58-48-46(56)45(55)44(54)42(37-50)59-48)43(53)40(51)35-33-31-29-27-25-23-16-14-12-10-8-6-4-2/h21-22,39-46,48,50-56H,3-20,23-38H2,1-2H3,(H,49,57). The lowest BCUT2D eigenvalue weighted by molar-refractivity contribution is -0.303. The molecule has 1 aliphatic heterocycles. The maximum atomic E-state index is 13.1. The number of ether oxygens (including phenoxy) is 2. The highest BCUT2D eigenvalue weighted by atomic mass is 16.7. The molecule has 8 N–H and O–H groups in total. The summed E-state index contributed by atoms with van der Waals surface area (Å²) in [6.07, 6.45) is 29.7. The van der Waals surface area contributed by atoms with Crippen molar-refractivity contribution in [2.45, 2.75) is 274 Å². The van der Waals surface area contributed by atoms with E-state index >= 15 is 0 Å². The fraction of sp³-hybridized carbons (Fsp3) is 0.938. The largest absolute Gasteiger partial charge is 0.394 e. The van der Waals surface area contributed by atoms with Crippen molar-refractivity contribution in [3.63, 3.8) is 0 Å². The molecule has 1 saturated heterocycles. The van der Waals surface area contributed by atoms with Gasteiger partial charge in [0.2, 0.25) is 5.91 Å². The van der Waals surface area contributed by atoms with E-state index in [4.69, 9.17) is 9.47 Å². The van der Waals surface area contributed by atoms with Crippen molar-refractivity contribution in [3.05, 3.63) is 12.2 Å². The van der Waals surface area contributed by atoms with Crippen LogP contribution in [0.4, 0.5) is 0 Å². The van der Waals surface area contributed by atoms with E-state index in [1.54, 1.807) is 0 Å². The minimum atomic E-state index is -1.66. The monoisotopic (exact) mass is 844 g/mol. The molecular formula is C48H93NO10. The molecule has 1 amide bonds. The Labute approximate surface area is 360 Å². The molecule has 0 saturated carbocycles. The first-order valence-corrected chi connectivity index (χ1v) is 24.6. The highest BCUT2D eigenvalue weighted by Crippen LogP contribution is 2.23. The molecule has 11 nitrogen and oxygen atoms in total. The second-order valence-corrected chi connectivity index (χ2v) is 17.5. The minimum absolute atomic E-state index is 0.252. The van der Waals surface area contributed by atoms with Crippen LogP contribution >= 0.6 is 0 Å². The molecule has 59 heavy (non-hydrogen) atoms. The lowest BCUT2D eigenvalue weighted by Gasteiger charge is -2.40. The number of nitrogens with one attached hydrogen (secondary N) is 1. The number of hydrogen-bond acceptors (Lipinski definition) is 10. The van der Waals surface area contributed by atoms with Gasteiger partial charge in [-0.15, -0.1) is 0 Å². The number of hydrogen-bond donors (Lipinski definition) is 8. The fourth-order valence-corrected chi connectivity index (χ4v) is 7.96. The van der Waals surface area contributed by atoms with Crippen molar-refractivity contribution < 1.29 is 50.0 Å². The van der Waals surface area contributed by atoms with Crippen LogP contribution in [0.5, 0.6) is 0 Å². The average Bonchev–Trinajstić information content (AvgIpc) is 3.23. The summed E-state index contributed by atoms with van der Waals surface area (Å²) in [5.74, 6) is -0.702. The van der Waals surface area contributed by atoms with Gasteiger partial charge < -0.3 is 50.5 Å². The zero-order valence-corrected chi connectivity index (χ0v) is 37.7. The molecule has 9 unspecified atom stereocenters. The number of amides is 1. The highest BCUT2D eigenvalue weighted by molar-refractivity contribution is 5.80. The van der Waals surface area contributed by atoms with Gasteiger partial charge in [-0.05, 0) is 38.5 Å². The van der Waals surface area contributed by atoms with Gasteiger partial charge in [0.15, 0.2) is 6.29 Å². The van der Waals surface area contributed by atoms with Crippen LogP contribution in [0, 0.1) is 0 Å². The first-order chi connectivity index (χ1) is 28.7. The number of carbonyl (C=O) groups excluding carboxylic acids is 1. The predicted molar refractivity (Wildman–Crippen MR) is 238 cm³/mol. The summed E-state index contributed by atoms with van der Waals surface area (Å²) in [6, 6.07) is -1.17. The van der Waals surface area contributed by atoms with Gasteiger partial charge >= 0.3 is 0 Å². The Morgan fingerprint density at radius 2 is 0.983 bits per heavy atom. The molecule has 350 valence electrons. The molecule has 11 heteroatoms. The lowest BCUT2D eigenvalue weighted by Crippen LogP contribution is -2.60. The normalized spacial score (nSPS) is 21.8. The average molecular weight is 844 g/mol. The van der Waals surface area contributed by atoms with Crippen LogP contribution in [0.1, 0.15) is 219 Å². The Morgan fingerprint density at radius 3 is 1.42 bits per heavy atom. The number of aliphatic hydroxyl groups is 7. The number of unbranched alkanes of at least 4 members (excludes halogenated alkanes) is 27. The van der Waals surface area contributed by atoms with Crippen LogP contribution in [0.15, 0.2) is 12.2 Å². The van der Waals surface area contributed by atoms with Gasteiger partial charge in [-0.1, -0.05) is 193 Å². The third-order valence-corrected chi connectivity index (χ3v) is 12.1. The molecule has 0 radical (unpaired) electrons. The Balaban J connectivity index is 2.41. The fourth-order valence-electron chi connectivity index (χ4n) is 7.96. The van der Waals surface area contributed by atoms with E-state index in [0.29, 0.717) is 19.3 Å². The van der Waals surface area contributed by atoms with E-state index in [9.17, 15) is 40.5 Å². The summed E-state index contributed by atoms with van der Waals surface area (Å²) in [5.41, 5.74) is 0. The Hall–Kier alpha value is -1.15. The summed E-state index contributed by atoms with van der Waals surface area (Å²) in [6.45, 7) is 3.44. The van der Waals surface area contributed by atoms with Crippen molar-refractivity contribution in [2.75, 3.05) is 13.2 Å². The van der Waals surface area contributed by atoms with Crippen LogP contribution in [0.3, 0.4) is 0 Å². The van der Waals surface area contributed by atoms with Crippen molar-refractivity contribution in [3.8, 4) is 0 Å². The molecule has 0 aliphatic carbocycles. The third kappa shape index (κ3) is 28.2. The van der Waals surface area contributed by atoms with Crippen LogP contribution in [0.2, 0.25) is 0 Å². The van der Waals surface area contributed by atoms with Gasteiger partial charge in [-0.25, -0.2) is 0 Å². The number of carbonyl (C=O) groups is 1. The number of rotatable bonds is 41. The lowest BCUT2D eigenvalue weighted by atomic mass is 9.98. The Bertz CT molecular complexity index is 970. The molecule has 9 atom stereocenters. The van der Waals surface area contributed by atoms with Gasteiger partial charge in [0.25, 0.3) is 0 Å². The number of allylic oxidation sites excluding steroid dienone is 2. The van der Waals surface area contributed by atoms with Crippen LogP contribution in [0.25, 0.3) is 0 Å². The zero-order valence-electron chi connectivity index (χ0n) is 37.7. The molecule has 0 aromatic heterocycles. The van der Waals surface area contributed by atoms with E-state index in [0.717, 1.165) is 57.8 Å². The van der Waals surface area contributed by atoms with Crippen molar-refractivity contribution >= 4 is 5.91 Å². The maximum Gasteiger partial charge on any atom is 0.249 e. The molecule has 1 rings (SSSR count). The first kappa shape index (κ1) is 55.9.